The molecule has 2 N–H and O–H groups in total. The molecule has 0 saturated heterocycles. The molecule has 1 aliphatic heterocycles. The standard InChI is InChI=1S/C39H55ClN2O6SSi/c1-38(2,3)50(5,6)48-35(17-12-26-9-10-30(26)23-49(41,44)45)32-15-11-29(32)22-42-24-39(19-7-8-27-20-31(40)14-16-33(27)39)25-47-36-18-13-28(21-34(36)42)37(43)46-4/h12-14,16-18,20-21,26,29-30,32,35H,7-11,15,19,22-25H2,1-6H3,(H2,41,44,45)/b17-12+/t26-,29+,30-,32-,35+,39?/m1/s1. The third kappa shape index (κ3) is 7.84. The minimum atomic E-state index is -3.52. The van der Waals surface area contributed by atoms with Crippen molar-refractivity contribution in [3.8, 4) is 5.75 Å². The molecule has 1 heterocycles. The zero-order valence-corrected chi connectivity index (χ0v) is 33.1. The van der Waals surface area contributed by atoms with Crippen LogP contribution in [0.25, 0.3) is 0 Å². The van der Waals surface area contributed by atoms with Gasteiger partial charge in [0, 0.05) is 23.5 Å². The molecule has 1 unspecified atom stereocenters. The Bertz CT molecular complexity index is 1730. The predicted molar refractivity (Wildman–Crippen MR) is 203 cm³/mol. The van der Waals surface area contributed by atoms with E-state index < -0.39 is 18.3 Å². The molecule has 6 atom stereocenters. The molecule has 50 heavy (non-hydrogen) atoms. The number of fused-ring (bicyclic) bond motifs is 3. The van der Waals surface area contributed by atoms with Gasteiger partial charge in [-0.15, -0.1) is 0 Å². The average molecular weight is 743 g/mol. The molecule has 274 valence electrons. The molecular weight excluding hydrogens is 688 g/mol. The second kappa shape index (κ2) is 14.2. The lowest BCUT2D eigenvalue weighted by Crippen LogP contribution is -2.52. The maximum absolute atomic E-state index is 12.7. The summed E-state index contributed by atoms with van der Waals surface area (Å²) in [6.07, 6.45) is 11.5. The van der Waals surface area contributed by atoms with Crippen LogP contribution in [0.2, 0.25) is 23.2 Å². The number of anilines is 1. The van der Waals surface area contributed by atoms with E-state index in [0.717, 1.165) is 74.5 Å². The number of allylic oxidation sites excluding steroid dienone is 1. The smallest absolute Gasteiger partial charge is 0.337 e. The molecule has 11 heteroatoms. The van der Waals surface area contributed by atoms with E-state index in [1.807, 2.05) is 18.2 Å². The number of benzene rings is 2. The summed E-state index contributed by atoms with van der Waals surface area (Å²) in [5, 5.41) is 6.23. The summed E-state index contributed by atoms with van der Waals surface area (Å²) in [5.41, 5.74) is 3.81. The summed E-state index contributed by atoms with van der Waals surface area (Å²) >= 11 is 6.48. The van der Waals surface area contributed by atoms with Crippen molar-refractivity contribution in [2.45, 2.75) is 95.4 Å². The van der Waals surface area contributed by atoms with Gasteiger partial charge in [-0.3, -0.25) is 0 Å². The number of carbonyl (C=O) groups is 1. The SMILES string of the molecule is COC(=O)c1ccc2c(c1)N(C[C@@H]1CC[C@H]1[C@H](/C=C/[C@H]1CC[C@@H]1CS(N)(=O)=O)O[Si](C)(C)C(C)(C)C)CC1(CCCc3cc(Cl)ccc31)CO2. The fraction of sp³-hybridized carbons (Fsp3) is 0.615. The minimum absolute atomic E-state index is 0.0307. The van der Waals surface area contributed by atoms with Gasteiger partial charge < -0.3 is 18.8 Å². The number of halogens is 1. The Labute approximate surface area is 305 Å². The van der Waals surface area contributed by atoms with Gasteiger partial charge in [0.15, 0.2) is 8.32 Å². The van der Waals surface area contributed by atoms with E-state index in [1.54, 1.807) is 6.07 Å². The largest absolute Gasteiger partial charge is 0.490 e. The average Bonchev–Trinajstić information content (AvgIpc) is 3.16. The summed E-state index contributed by atoms with van der Waals surface area (Å²) in [7, 11) is -4.25. The summed E-state index contributed by atoms with van der Waals surface area (Å²) in [5.74, 6) is 1.37. The molecule has 8 nitrogen and oxygen atoms in total. The zero-order valence-electron chi connectivity index (χ0n) is 30.5. The summed E-state index contributed by atoms with van der Waals surface area (Å²) in [6.45, 7) is 13.6. The number of methoxy groups -OCH3 is 1. The molecule has 6 rings (SSSR count). The van der Waals surface area contributed by atoms with Crippen molar-refractivity contribution in [1.82, 2.24) is 0 Å². The summed E-state index contributed by atoms with van der Waals surface area (Å²) < 4.78 is 42.7. The van der Waals surface area contributed by atoms with Gasteiger partial charge in [0.05, 0.1) is 36.8 Å². The number of aryl methyl sites for hydroxylation is 1. The van der Waals surface area contributed by atoms with E-state index in [9.17, 15) is 13.2 Å². The topological polar surface area (TPSA) is 108 Å². The third-order valence-electron chi connectivity index (χ3n) is 12.5. The van der Waals surface area contributed by atoms with Gasteiger partial charge in [0.25, 0.3) is 0 Å². The van der Waals surface area contributed by atoms with Crippen molar-refractivity contribution in [3.63, 3.8) is 0 Å². The first-order valence-electron chi connectivity index (χ1n) is 18.2. The lowest BCUT2D eigenvalue weighted by molar-refractivity contribution is 0.0519. The number of primary sulfonamides is 1. The van der Waals surface area contributed by atoms with Crippen LogP contribution in [0, 0.1) is 23.7 Å². The van der Waals surface area contributed by atoms with Crippen molar-refractivity contribution in [2.24, 2.45) is 28.8 Å². The highest BCUT2D eigenvalue weighted by Crippen LogP contribution is 2.48. The van der Waals surface area contributed by atoms with Crippen LogP contribution in [-0.4, -0.2) is 61.4 Å². The second-order valence-electron chi connectivity index (χ2n) is 16.8. The first kappa shape index (κ1) is 37.4. The van der Waals surface area contributed by atoms with Crippen molar-refractivity contribution >= 4 is 41.6 Å². The van der Waals surface area contributed by atoms with E-state index >= 15 is 0 Å². The quantitative estimate of drug-likeness (QED) is 0.150. The number of rotatable bonds is 10. The van der Waals surface area contributed by atoms with Crippen molar-refractivity contribution in [1.29, 1.82) is 0 Å². The highest BCUT2D eigenvalue weighted by Gasteiger charge is 2.47. The monoisotopic (exact) mass is 742 g/mol. The maximum Gasteiger partial charge on any atom is 0.337 e. The van der Waals surface area contributed by atoms with Crippen LogP contribution in [0.3, 0.4) is 0 Å². The number of hydrogen-bond donors (Lipinski definition) is 1. The van der Waals surface area contributed by atoms with Gasteiger partial charge in [0.2, 0.25) is 10.0 Å². The van der Waals surface area contributed by atoms with Crippen LogP contribution in [0.4, 0.5) is 5.69 Å². The van der Waals surface area contributed by atoms with Gasteiger partial charge in [-0.25, -0.2) is 18.4 Å². The fourth-order valence-electron chi connectivity index (χ4n) is 8.29. The minimum Gasteiger partial charge on any atom is -0.490 e. The van der Waals surface area contributed by atoms with Gasteiger partial charge >= 0.3 is 5.97 Å². The van der Waals surface area contributed by atoms with Gasteiger partial charge in [-0.1, -0.05) is 50.6 Å². The number of esters is 1. The highest BCUT2D eigenvalue weighted by molar-refractivity contribution is 7.89. The normalized spacial score (nSPS) is 27.4. The molecule has 2 aromatic rings. The Morgan fingerprint density at radius 2 is 1.90 bits per heavy atom. The van der Waals surface area contributed by atoms with Gasteiger partial charge in [-0.05, 0) is 128 Å². The summed E-state index contributed by atoms with van der Waals surface area (Å²) in [4.78, 5) is 15.2. The third-order valence-corrected chi connectivity index (χ3v) is 18.1. The Balaban J connectivity index is 1.32. The van der Waals surface area contributed by atoms with Crippen LogP contribution in [0.5, 0.6) is 5.75 Å². The molecule has 3 aliphatic carbocycles. The molecule has 0 aromatic heterocycles. The van der Waals surface area contributed by atoms with Crippen LogP contribution < -0.4 is 14.8 Å². The molecular formula is C39H55ClN2O6SSi. The van der Waals surface area contributed by atoms with E-state index in [2.05, 4.69) is 63.0 Å². The molecule has 2 saturated carbocycles. The summed E-state index contributed by atoms with van der Waals surface area (Å²) in [6, 6.07) is 11.9. The van der Waals surface area contributed by atoms with Crippen LogP contribution >= 0.6 is 11.6 Å². The first-order valence-corrected chi connectivity index (χ1v) is 23.2. The Morgan fingerprint density at radius 3 is 2.54 bits per heavy atom. The number of nitrogens with two attached hydrogens (primary N) is 1. The van der Waals surface area contributed by atoms with Crippen LogP contribution in [-0.2, 0) is 31.0 Å². The Kier molecular flexibility index (Phi) is 10.6. The lowest BCUT2D eigenvalue weighted by Gasteiger charge is -2.48. The van der Waals surface area contributed by atoms with Crippen LogP contribution in [0.1, 0.15) is 80.8 Å². The van der Waals surface area contributed by atoms with Crippen molar-refractivity contribution < 1.29 is 27.1 Å². The van der Waals surface area contributed by atoms with Crippen LogP contribution in [0.15, 0.2) is 48.6 Å². The molecule has 0 radical (unpaired) electrons. The predicted octanol–water partition coefficient (Wildman–Crippen LogP) is 7.89. The number of ether oxygens (including phenoxy) is 2. The number of nitrogens with zero attached hydrogens (tertiary/aromatic N) is 1. The number of hydrogen-bond acceptors (Lipinski definition) is 7. The number of carbonyl (C=O) groups excluding carboxylic acids is 1. The van der Waals surface area contributed by atoms with Crippen molar-refractivity contribution in [3.05, 3.63) is 70.3 Å². The molecule has 1 spiro atoms. The Hall–Kier alpha value is -2.37. The molecule has 4 aliphatic rings. The number of sulfonamides is 1. The molecule has 0 bridgehead atoms. The van der Waals surface area contributed by atoms with Crippen molar-refractivity contribution in [2.75, 3.05) is 37.5 Å². The van der Waals surface area contributed by atoms with E-state index in [0.29, 0.717) is 24.0 Å². The lowest BCUT2D eigenvalue weighted by atomic mass is 9.68. The molecule has 2 aromatic carbocycles. The van der Waals surface area contributed by atoms with E-state index in [4.69, 9.17) is 30.6 Å². The van der Waals surface area contributed by atoms with E-state index in [1.165, 1.54) is 18.2 Å². The maximum atomic E-state index is 12.7. The second-order valence-corrected chi connectivity index (χ2v) is 23.7. The molecule has 2 fully saturated rings. The highest BCUT2D eigenvalue weighted by atomic mass is 35.5. The molecule has 0 amide bonds. The van der Waals surface area contributed by atoms with E-state index in [-0.39, 0.29) is 40.1 Å². The zero-order chi connectivity index (χ0) is 36.1. The fourth-order valence-corrected chi connectivity index (χ4v) is 10.8. The Morgan fingerprint density at radius 1 is 1.14 bits per heavy atom. The van der Waals surface area contributed by atoms with Gasteiger partial charge in [-0.2, -0.15) is 0 Å². The van der Waals surface area contributed by atoms with Gasteiger partial charge in [0.1, 0.15) is 5.75 Å². The first-order chi connectivity index (χ1) is 23.5.